The van der Waals surface area contributed by atoms with Crippen LogP contribution in [0.5, 0.6) is 0 Å². The highest BCUT2D eigenvalue weighted by Gasteiger charge is 2.35. The van der Waals surface area contributed by atoms with Crippen molar-refractivity contribution in [1.29, 1.82) is 0 Å². The first-order valence-corrected chi connectivity index (χ1v) is 8.89. The minimum atomic E-state index is -4.52. The number of morpholine rings is 1. The molecule has 0 saturated carbocycles. The number of nitrogens with zero attached hydrogens (tertiary/aromatic N) is 2. The van der Waals surface area contributed by atoms with Crippen LogP contribution in [0.25, 0.3) is 21.8 Å². The van der Waals surface area contributed by atoms with Crippen molar-refractivity contribution in [2.75, 3.05) is 26.3 Å². The zero-order chi connectivity index (χ0) is 19.2. The molecule has 1 unspecified atom stereocenters. The molecule has 0 bridgehead atoms. The van der Waals surface area contributed by atoms with Gasteiger partial charge in [0.2, 0.25) is 0 Å². The lowest BCUT2D eigenvalue weighted by Crippen LogP contribution is -2.44. The molecule has 8 heteroatoms. The van der Waals surface area contributed by atoms with Crippen LogP contribution >= 0.6 is 0 Å². The fourth-order valence-corrected chi connectivity index (χ4v) is 3.84. The van der Waals surface area contributed by atoms with Crippen LogP contribution in [0.4, 0.5) is 13.2 Å². The lowest BCUT2D eigenvalue weighted by atomic mass is 10.1. The van der Waals surface area contributed by atoms with Gasteiger partial charge in [0.15, 0.2) is 5.43 Å². The van der Waals surface area contributed by atoms with Crippen LogP contribution in [-0.4, -0.2) is 46.8 Å². The molecule has 144 valence electrons. The summed E-state index contributed by atoms with van der Waals surface area (Å²) >= 11 is 0. The minimum Gasteiger partial charge on any atom is -0.379 e. The summed E-state index contributed by atoms with van der Waals surface area (Å²) in [6.07, 6.45) is -3.22. The Morgan fingerprint density at radius 3 is 2.78 bits per heavy atom. The van der Waals surface area contributed by atoms with E-state index in [-0.39, 0.29) is 17.0 Å². The number of nitrogens with one attached hydrogen (secondary N) is 1. The van der Waals surface area contributed by atoms with Crippen LogP contribution in [0.15, 0.2) is 35.3 Å². The molecule has 1 aromatic carbocycles. The van der Waals surface area contributed by atoms with E-state index in [0.717, 1.165) is 6.54 Å². The van der Waals surface area contributed by atoms with E-state index in [1.807, 2.05) is 6.92 Å². The van der Waals surface area contributed by atoms with Crippen molar-refractivity contribution in [3.8, 4) is 0 Å². The molecule has 5 nitrogen and oxygen atoms in total. The molecule has 3 heterocycles. The van der Waals surface area contributed by atoms with Crippen molar-refractivity contribution in [3.63, 3.8) is 0 Å². The fraction of sp³-hybridized carbons (Fsp3) is 0.421. The molecule has 1 saturated heterocycles. The Balaban J connectivity index is 1.87. The third kappa shape index (κ3) is 3.23. The lowest BCUT2D eigenvalue weighted by Gasteiger charge is -2.33. The lowest BCUT2D eigenvalue weighted by molar-refractivity contribution is -0.140. The van der Waals surface area contributed by atoms with Gasteiger partial charge in [-0.25, -0.2) is 0 Å². The number of ether oxygens (including phenoxy) is 1. The number of H-pyrrole nitrogens is 1. The monoisotopic (exact) mass is 379 g/mol. The van der Waals surface area contributed by atoms with Crippen molar-refractivity contribution >= 4 is 21.8 Å². The van der Waals surface area contributed by atoms with E-state index in [2.05, 4.69) is 9.88 Å². The van der Waals surface area contributed by atoms with Gasteiger partial charge in [-0.15, -0.1) is 0 Å². The molecule has 1 fully saturated rings. The Bertz CT molecular complexity index is 1040. The molecule has 1 atom stereocenters. The van der Waals surface area contributed by atoms with Crippen molar-refractivity contribution in [2.45, 2.75) is 25.7 Å². The number of aromatic nitrogens is 2. The average molecular weight is 379 g/mol. The normalized spacial score (nSPS) is 19.2. The van der Waals surface area contributed by atoms with Crippen LogP contribution in [0.2, 0.25) is 0 Å². The van der Waals surface area contributed by atoms with E-state index in [1.165, 1.54) is 18.3 Å². The smallest absolute Gasteiger partial charge is 0.379 e. The molecule has 0 spiro atoms. The predicted molar refractivity (Wildman–Crippen MR) is 96.9 cm³/mol. The fourth-order valence-electron chi connectivity index (χ4n) is 3.84. The van der Waals surface area contributed by atoms with Crippen molar-refractivity contribution < 1.29 is 17.9 Å². The molecular weight excluding hydrogens is 359 g/mol. The summed E-state index contributed by atoms with van der Waals surface area (Å²) in [5.41, 5.74) is -0.391. The number of halogens is 3. The molecule has 4 rings (SSSR count). The van der Waals surface area contributed by atoms with Crippen LogP contribution in [0.1, 0.15) is 12.6 Å². The molecule has 27 heavy (non-hydrogen) atoms. The first kappa shape index (κ1) is 18.1. The zero-order valence-corrected chi connectivity index (χ0v) is 14.8. The highest BCUT2D eigenvalue weighted by molar-refractivity contribution is 6.08. The average Bonchev–Trinajstić information content (AvgIpc) is 2.93. The van der Waals surface area contributed by atoms with E-state index in [4.69, 9.17) is 4.74 Å². The number of alkyl halides is 3. The third-order valence-corrected chi connectivity index (χ3v) is 5.19. The predicted octanol–water partition coefficient (Wildman–Crippen LogP) is 3.22. The highest BCUT2D eigenvalue weighted by Crippen LogP contribution is 2.37. The maximum Gasteiger partial charge on any atom is 0.433 e. The van der Waals surface area contributed by atoms with Crippen LogP contribution in [-0.2, 0) is 17.5 Å². The molecule has 0 amide bonds. The van der Waals surface area contributed by atoms with Crippen LogP contribution in [0.3, 0.4) is 0 Å². The largest absolute Gasteiger partial charge is 0.433 e. The molecule has 1 aliphatic rings. The number of rotatable bonds is 3. The number of aromatic amines is 1. The van der Waals surface area contributed by atoms with Gasteiger partial charge in [0.25, 0.3) is 0 Å². The molecule has 0 radical (unpaired) electrons. The Kier molecular flexibility index (Phi) is 4.47. The van der Waals surface area contributed by atoms with Gasteiger partial charge in [-0.3, -0.25) is 9.69 Å². The van der Waals surface area contributed by atoms with Gasteiger partial charge in [0, 0.05) is 48.7 Å². The second kappa shape index (κ2) is 6.69. The summed E-state index contributed by atoms with van der Waals surface area (Å²) in [6.45, 7) is 4.94. The number of benzene rings is 1. The van der Waals surface area contributed by atoms with Gasteiger partial charge in [-0.05, 0) is 25.1 Å². The van der Waals surface area contributed by atoms with E-state index < -0.39 is 11.9 Å². The van der Waals surface area contributed by atoms with E-state index >= 15 is 0 Å². The van der Waals surface area contributed by atoms with Gasteiger partial charge in [0.1, 0.15) is 5.69 Å². The first-order chi connectivity index (χ1) is 12.9. The minimum absolute atomic E-state index is 0.0894. The molecule has 0 aliphatic carbocycles. The van der Waals surface area contributed by atoms with Gasteiger partial charge in [-0.1, -0.05) is 0 Å². The second-order valence-electron chi connectivity index (χ2n) is 6.90. The second-order valence-corrected chi connectivity index (χ2v) is 6.90. The Morgan fingerprint density at radius 2 is 2.04 bits per heavy atom. The summed E-state index contributed by atoms with van der Waals surface area (Å²) < 4.78 is 47.9. The van der Waals surface area contributed by atoms with Crippen molar-refractivity contribution in [2.24, 2.45) is 0 Å². The number of hydrogen-bond donors (Lipinski definition) is 1. The Labute approximate surface area is 153 Å². The van der Waals surface area contributed by atoms with Gasteiger partial charge in [-0.2, -0.15) is 13.2 Å². The third-order valence-electron chi connectivity index (χ3n) is 5.19. The Hall–Kier alpha value is -2.32. The summed E-state index contributed by atoms with van der Waals surface area (Å²) in [5, 5.41) is 1.14. The van der Waals surface area contributed by atoms with Gasteiger partial charge >= 0.3 is 6.18 Å². The maximum absolute atomic E-state index is 13.6. The zero-order valence-electron chi connectivity index (χ0n) is 14.8. The van der Waals surface area contributed by atoms with Crippen molar-refractivity contribution in [3.05, 3.63) is 46.4 Å². The van der Waals surface area contributed by atoms with E-state index in [0.29, 0.717) is 42.6 Å². The van der Waals surface area contributed by atoms with Gasteiger partial charge < -0.3 is 14.3 Å². The summed E-state index contributed by atoms with van der Waals surface area (Å²) in [5.74, 6) is 0. The molecule has 3 aromatic rings. The molecule has 2 aromatic heterocycles. The molecule has 1 aliphatic heterocycles. The molecular formula is C19H20F3N3O2. The highest BCUT2D eigenvalue weighted by atomic mass is 19.4. The van der Waals surface area contributed by atoms with E-state index in [1.54, 1.807) is 16.7 Å². The topological polar surface area (TPSA) is 50.3 Å². The number of fused-ring (bicyclic) bond motifs is 3. The number of pyridine rings is 1. The first-order valence-electron chi connectivity index (χ1n) is 8.89. The van der Waals surface area contributed by atoms with Gasteiger partial charge in [0.05, 0.1) is 24.2 Å². The quantitative estimate of drug-likeness (QED) is 0.760. The summed E-state index contributed by atoms with van der Waals surface area (Å²) in [4.78, 5) is 16.4. The van der Waals surface area contributed by atoms with Crippen LogP contribution < -0.4 is 5.43 Å². The Morgan fingerprint density at radius 1 is 1.22 bits per heavy atom. The summed E-state index contributed by atoms with van der Waals surface area (Å²) in [7, 11) is 0. The van der Waals surface area contributed by atoms with E-state index in [9.17, 15) is 18.0 Å². The van der Waals surface area contributed by atoms with Crippen molar-refractivity contribution in [1.82, 2.24) is 14.5 Å². The maximum atomic E-state index is 13.6. The standard InChI is InChI=1S/C19H20F3N3O2/c1-12-11-27-9-8-24(12)6-7-25-16-10-13(26)2-3-14(16)15-4-5-23-18(17(15)25)19(20,21)22/h2-5,10,12,23H,6-9,11H2,1H3. The van der Waals surface area contributed by atoms with Crippen LogP contribution in [0, 0.1) is 0 Å². The molecule has 1 N–H and O–H groups in total. The SMILES string of the molecule is CC1COCCN1CCn1c2cc(=O)ccc2c2cc[nH]c(C(F)(F)F)c21. The number of hydrogen-bond acceptors (Lipinski definition) is 3. The summed E-state index contributed by atoms with van der Waals surface area (Å²) in [6, 6.07) is 6.24.